The van der Waals surface area contributed by atoms with Gasteiger partial charge in [0.15, 0.2) is 0 Å². The average molecular weight is 347 g/mol. The summed E-state index contributed by atoms with van der Waals surface area (Å²) in [5, 5.41) is 4.13. The van der Waals surface area contributed by atoms with E-state index in [1.54, 1.807) is 13.1 Å². The monoisotopic (exact) mass is 345 g/mol. The van der Waals surface area contributed by atoms with Crippen molar-refractivity contribution in [3.05, 3.63) is 38.6 Å². The van der Waals surface area contributed by atoms with Crippen LogP contribution in [0.25, 0.3) is 0 Å². The molecule has 0 aliphatic carbocycles. The van der Waals surface area contributed by atoms with Gasteiger partial charge in [-0.25, -0.2) is 4.98 Å². The zero-order chi connectivity index (χ0) is 15.6. The van der Waals surface area contributed by atoms with E-state index in [9.17, 15) is 0 Å². The summed E-state index contributed by atoms with van der Waals surface area (Å²) < 4.78 is 5.79. The van der Waals surface area contributed by atoms with E-state index >= 15 is 0 Å². The van der Waals surface area contributed by atoms with Crippen LogP contribution >= 0.6 is 34.8 Å². The standard InChI is InChI=1S/C14H14Cl3N3O/c1-4-12-19-13(18-3)7(2)14(20-12)21-11-6-9(16)8(15)5-10(11)17/h5-6H,4H2,1-3H3,(H,18,19,20). The maximum atomic E-state index is 6.12. The van der Waals surface area contributed by atoms with E-state index in [1.165, 1.54) is 6.07 Å². The van der Waals surface area contributed by atoms with Gasteiger partial charge in [-0.3, -0.25) is 0 Å². The van der Waals surface area contributed by atoms with E-state index in [2.05, 4.69) is 15.3 Å². The second-order valence-corrected chi connectivity index (χ2v) is 5.54. The summed E-state index contributed by atoms with van der Waals surface area (Å²) in [6.07, 6.45) is 0.695. The summed E-state index contributed by atoms with van der Waals surface area (Å²) in [7, 11) is 1.80. The number of nitrogens with zero attached hydrogens (tertiary/aromatic N) is 2. The van der Waals surface area contributed by atoms with Crippen molar-refractivity contribution in [1.82, 2.24) is 9.97 Å². The highest BCUT2D eigenvalue weighted by Crippen LogP contribution is 2.37. The highest BCUT2D eigenvalue weighted by molar-refractivity contribution is 6.43. The minimum absolute atomic E-state index is 0.367. The van der Waals surface area contributed by atoms with Gasteiger partial charge in [0.2, 0.25) is 5.88 Å². The minimum atomic E-state index is 0.367. The maximum Gasteiger partial charge on any atom is 0.227 e. The number of rotatable bonds is 4. The number of nitrogens with one attached hydrogen (secondary N) is 1. The zero-order valence-electron chi connectivity index (χ0n) is 11.8. The molecule has 7 heteroatoms. The molecule has 4 nitrogen and oxygen atoms in total. The predicted molar refractivity (Wildman–Crippen MR) is 87.2 cm³/mol. The molecule has 0 saturated heterocycles. The first-order chi connectivity index (χ1) is 9.96. The van der Waals surface area contributed by atoms with Gasteiger partial charge in [0.25, 0.3) is 0 Å². The first-order valence-corrected chi connectivity index (χ1v) is 7.47. The van der Waals surface area contributed by atoms with Gasteiger partial charge in [0, 0.05) is 19.5 Å². The van der Waals surface area contributed by atoms with Crippen LogP contribution < -0.4 is 10.1 Å². The zero-order valence-corrected chi connectivity index (χ0v) is 14.1. The summed E-state index contributed by atoms with van der Waals surface area (Å²) in [4.78, 5) is 8.76. The molecule has 0 fully saturated rings. The van der Waals surface area contributed by atoms with E-state index < -0.39 is 0 Å². The van der Waals surface area contributed by atoms with Crippen molar-refractivity contribution in [3.63, 3.8) is 0 Å². The van der Waals surface area contributed by atoms with Crippen LogP contribution in [0, 0.1) is 6.92 Å². The lowest BCUT2D eigenvalue weighted by molar-refractivity contribution is 0.455. The normalized spacial score (nSPS) is 10.6. The molecule has 0 aliphatic heterocycles. The van der Waals surface area contributed by atoms with E-state index in [0.29, 0.717) is 44.8 Å². The molecule has 0 radical (unpaired) electrons. The first-order valence-electron chi connectivity index (χ1n) is 6.33. The molecule has 0 atom stereocenters. The van der Waals surface area contributed by atoms with E-state index in [4.69, 9.17) is 39.5 Å². The lowest BCUT2D eigenvalue weighted by atomic mass is 10.3. The molecule has 0 bridgehead atoms. The van der Waals surface area contributed by atoms with Crippen molar-refractivity contribution in [1.29, 1.82) is 0 Å². The van der Waals surface area contributed by atoms with Crippen molar-refractivity contribution in [2.45, 2.75) is 20.3 Å². The van der Waals surface area contributed by atoms with Crippen LogP contribution in [-0.4, -0.2) is 17.0 Å². The van der Waals surface area contributed by atoms with Crippen molar-refractivity contribution in [2.24, 2.45) is 0 Å². The predicted octanol–water partition coefficient (Wildman–Crippen LogP) is 5.14. The Bertz CT molecular complexity index is 677. The fourth-order valence-electron chi connectivity index (χ4n) is 1.73. The van der Waals surface area contributed by atoms with Gasteiger partial charge in [0.1, 0.15) is 17.4 Å². The molecule has 0 unspecified atom stereocenters. The molecule has 0 saturated carbocycles. The van der Waals surface area contributed by atoms with Crippen LogP contribution in [-0.2, 0) is 6.42 Å². The molecule has 0 spiro atoms. The first kappa shape index (κ1) is 16.1. The Morgan fingerprint density at radius 3 is 2.38 bits per heavy atom. The fourth-order valence-corrected chi connectivity index (χ4v) is 2.30. The van der Waals surface area contributed by atoms with E-state index in [0.717, 1.165) is 5.56 Å². The second-order valence-electron chi connectivity index (χ2n) is 4.32. The Kier molecular flexibility index (Phi) is 5.14. The van der Waals surface area contributed by atoms with Gasteiger partial charge in [-0.1, -0.05) is 41.7 Å². The highest BCUT2D eigenvalue weighted by atomic mass is 35.5. The molecule has 2 rings (SSSR count). The number of benzene rings is 1. The lowest BCUT2D eigenvalue weighted by Gasteiger charge is -2.13. The van der Waals surface area contributed by atoms with Crippen LogP contribution in [0.5, 0.6) is 11.6 Å². The van der Waals surface area contributed by atoms with Crippen molar-refractivity contribution in [2.75, 3.05) is 12.4 Å². The number of anilines is 1. The lowest BCUT2D eigenvalue weighted by Crippen LogP contribution is -2.04. The molecule has 2 aromatic rings. The Hall–Kier alpha value is -1.23. The molecule has 1 heterocycles. The van der Waals surface area contributed by atoms with Gasteiger partial charge in [-0.15, -0.1) is 0 Å². The number of aryl methyl sites for hydroxylation is 1. The van der Waals surface area contributed by atoms with Crippen LogP contribution in [0.2, 0.25) is 15.1 Å². The summed E-state index contributed by atoms with van der Waals surface area (Å²) in [6, 6.07) is 3.11. The molecule has 1 aromatic carbocycles. The van der Waals surface area contributed by atoms with Gasteiger partial charge < -0.3 is 10.1 Å². The summed E-state index contributed by atoms with van der Waals surface area (Å²) in [5.41, 5.74) is 0.789. The van der Waals surface area contributed by atoms with Crippen LogP contribution in [0.15, 0.2) is 12.1 Å². The number of aromatic nitrogens is 2. The summed E-state index contributed by atoms with van der Waals surface area (Å²) in [5.74, 6) is 2.23. The number of halogens is 3. The van der Waals surface area contributed by atoms with Crippen molar-refractivity contribution < 1.29 is 4.74 Å². The summed E-state index contributed by atoms with van der Waals surface area (Å²) in [6.45, 7) is 3.84. The number of hydrogen-bond donors (Lipinski definition) is 1. The van der Waals surface area contributed by atoms with Crippen molar-refractivity contribution in [3.8, 4) is 11.6 Å². The summed E-state index contributed by atoms with van der Waals surface area (Å²) >= 11 is 18.0. The molecule has 112 valence electrons. The van der Waals surface area contributed by atoms with Gasteiger partial charge in [-0.2, -0.15) is 4.98 Å². The van der Waals surface area contributed by atoms with E-state index in [-0.39, 0.29) is 0 Å². The smallest absolute Gasteiger partial charge is 0.227 e. The Morgan fingerprint density at radius 2 is 1.76 bits per heavy atom. The third-order valence-electron chi connectivity index (χ3n) is 2.88. The molecule has 1 aromatic heterocycles. The largest absolute Gasteiger partial charge is 0.437 e. The van der Waals surface area contributed by atoms with Gasteiger partial charge >= 0.3 is 0 Å². The highest BCUT2D eigenvalue weighted by Gasteiger charge is 2.14. The van der Waals surface area contributed by atoms with Crippen LogP contribution in [0.1, 0.15) is 18.3 Å². The number of ether oxygens (including phenoxy) is 1. The minimum Gasteiger partial charge on any atom is -0.437 e. The average Bonchev–Trinajstić information content (AvgIpc) is 2.46. The fraction of sp³-hybridized carbons (Fsp3) is 0.286. The molecule has 0 aliphatic rings. The Labute approximate surface area is 138 Å². The van der Waals surface area contributed by atoms with Crippen LogP contribution in [0.3, 0.4) is 0 Å². The van der Waals surface area contributed by atoms with Gasteiger partial charge in [0.05, 0.1) is 20.6 Å². The molecular formula is C14H14Cl3N3O. The maximum absolute atomic E-state index is 6.12. The van der Waals surface area contributed by atoms with Gasteiger partial charge in [-0.05, 0) is 13.0 Å². The molecule has 0 amide bonds. The topological polar surface area (TPSA) is 47.0 Å². The molecule has 1 N–H and O–H groups in total. The molecular weight excluding hydrogens is 333 g/mol. The Balaban J connectivity index is 2.46. The van der Waals surface area contributed by atoms with E-state index in [1.807, 2.05) is 13.8 Å². The second kappa shape index (κ2) is 6.69. The SMILES string of the molecule is CCc1nc(NC)c(C)c(Oc2cc(Cl)c(Cl)cc2Cl)n1. The Morgan fingerprint density at radius 1 is 1.10 bits per heavy atom. The third-order valence-corrected chi connectivity index (χ3v) is 3.90. The third kappa shape index (κ3) is 3.51. The number of hydrogen-bond acceptors (Lipinski definition) is 4. The van der Waals surface area contributed by atoms with Crippen LogP contribution in [0.4, 0.5) is 5.82 Å². The van der Waals surface area contributed by atoms with Crippen molar-refractivity contribution >= 4 is 40.6 Å². The quantitative estimate of drug-likeness (QED) is 0.778. The molecule has 21 heavy (non-hydrogen) atoms.